The molecule has 5 heteroatoms. The monoisotopic (exact) mass is 296 g/mol. The largest absolute Gasteiger partial charge is 0.326 e. The van der Waals surface area contributed by atoms with Gasteiger partial charge in [-0.25, -0.2) is 0 Å². The average Bonchev–Trinajstić information content (AvgIpc) is 2.38. The number of carbonyl (C=O) groups excluding carboxylic acids is 1. The third-order valence-electron chi connectivity index (χ3n) is 2.81. The number of anilines is 1. The van der Waals surface area contributed by atoms with Gasteiger partial charge in [-0.2, -0.15) is 0 Å². The van der Waals surface area contributed by atoms with E-state index in [2.05, 4.69) is 5.32 Å². The number of para-hydroxylation sites is 1. The van der Waals surface area contributed by atoms with Crippen LogP contribution in [0.4, 0.5) is 5.69 Å². The molecule has 0 saturated carbocycles. The van der Waals surface area contributed by atoms with Crippen LogP contribution >= 0.6 is 0 Å². The number of hydrogen-bond acceptors (Lipinski definition) is 3. The molecule has 0 aromatic heterocycles. The lowest BCUT2D eigenvalue weighted by molar-refractivity contribution is -0.116. The van der Waals surface area contributed by atoms with Crippen LogP contribution < -0.4 is 11.1 Å². The van der Waals surface area contributed by atoms with Gasteiger partial charge in [0.1, 0.15) is 0 Å². The maximum atomic E-state index is 11.8. The second-order valence-electron chi connectivity index (χ2n) is 5.22. The summed E-state index contributed by atoms with van der Waals surface area (Å²) in [6.07, 6.45) is 1.04. The lowest BCUT2D eigenvalue weighted by Crippen LogP contribution is -2.15. The van der Waals surface area contributed by atoms with Gasteiger partial charge in [0.05, 0.1) is 0 Å². The van der Waals surface area contributed by atoms with Crippen LogP contribution in [0.15, 0.2) is 24.3 Å². The summed E-state index contributed by atoms with van der Waals surface area (Å²) in [4.78, 5) is 11.8. The van der Waals surface area contributed by atoms with E-state index in [1.165, 1.54) is 0 Å². The Morgan fingerprint density at radius 1 is 1.35 bits per heavy atom. The number of benzene rings is 1. The minimum Gasteiger partial charge on any atom is -0.326 e. The summed E-state index contributed by atoms with van der Waals surface area (Å²) in [5.41, 5.74) is 7.31. The lowest BCUT2D eigenvalue weighted by Gasteiger charge is -2.09. The molecule has 0 saturated heterocycles. The zero-order chi connectivity index (χ0) is 15.0. The number of amides is 1. The molecule has 0 heterocycles. The molecule has 0 radical (unpaired) electrons. The highest BCUT2D eigenvalue weighted by molar-refractivity contribution is 7.84. The second-order valence-corrected chi connectivity index (χ2v) is 6.84. The Hall–Kier alpha value is -1.20. The molecule has 1 atom stereocenters. The Bertz CT molecular complexity index is 461. The van der Waals surface area contributed by atoms with Crippen LogP contribution in [0.2, 0.25) is 0 Å². The van der Waals surface area contributed by atoms with E-state index in [1.807, 2.05) is 38.1 Å². The van der Waals surface area contributed by atoms with Gasteiger partial charge in [0, 0.05) is 41.0 Å². The van der Waals surface area contributed by atoms with Crippen molar-refractivity contribution in [1.82, 2.24) is 0 Å². The fourth-order valence-electron chi connectivity index (χ4n) is 1.88. The molecule has 3 N–H and O–H groups in total. The Labute approximate surface area is 123 Å². The van der Waals surface area contributed by atoms with Crippen molar-refractivity contribution >= 4 is 22.4 Å². The number of nitrogens with two attached hydrogens (primary N) is 1. The SMILES string of the molecule is CC(C)CS(=O)CCCC(=O)Nc1ccccc1CN. The highest BCUT2D eigenvalue weighted by atomic mass is 32.2. The third-order valence-corrected chi connectivity index (χ3v) is 4.59. The van der Waals surface area contributed by atoms with Crippen molar-refractivity contribution in [2.75, 3.05) is 16.8 Å². The van der Waals surface area contributed by atoms with Crippen molar-refractivity contribution in [2.45, 2.75) is 33.2 Å². The molecule has 4 nitrogen and oxygen atoms in total. The van der Waals surface area contributed by atoms with Crippen molar-refractivity contribution < 1.29 is 9.00 Å². The first-order valence-electron chi connectivity index (χ1n) is 6.95. The van der Waals surface area contributed by atoms with E-state index in [9.17, 15) is 9.00 Å². The lowest BCUT2D eigenvalue weighted by atomic mass is 10.1. The summed E-state index contributed by atoms with van der Waals surface area (Å²) in [5, 5.41) is 2.86. The normalized spacial score (nSPS) is 12.4. The minimum atomic E-state index is -0.819. The van der Waals surface area contributed by atoms with Crippen molar-refractivity contribution in [3.63, 3.8) is 0 Å². The Morgan fingerprint density at radius 3 is 2.70 bits per heavy atom. The molecule has 1 aromatic rings. The summed E-state index contributed by atoms with van der Waals surface area (Å²) in [6, 6.07) is 7.50. The predicted octanol–water partition coefficient (Wildman–Crippen LogP) is 2.27. The topological polar surface area (TPSA) is 72.2 Å². The van der Waals surface area contributed by atoms with Crippen LogP contribution in [0, 0.1) is 5.92 Å². The van der Waals surface area contributed by atoms with Crippen LogP contribution in [0.3, 0.4) is 0 Å². The van der Waals surface area contributed by atoms with Gasteiger partial charge in [-0.3, -0.25) is 9.00 Å². The molecule has 1 unspecified atom stereocenters. The van der Waals surface area contributed by atoms with E-state index in [1.54, 1.807) is 0 Å². The number of hydrogen-bond donors (Lipinski definition) is 2. The van der Waals surface area contributed by atoms with Gasteiger partial charge in [0.2, 0.25) is 5.91 Å². The molecule has 1 amide bonds. The Morgan fingerprint density at radius 2 is 2.05 bits per heavy atom. The van der Waals surface area contributed by atoms with Crippen molar-refractivity contribution in [3.05, 3.63) is 29.8 Å². The van der Waals surface area contributed by atoms with E-state index in [0.717, 1.165) is 11.3 Å². The fraction of sp³-hybridized carbons (Fsp3) is 0.533. The first-order chi connectivity index (χ1) is 9.52. The summed E-state index contributed by atoms with van der Waals surface area (Å²) in [7, 11) is -0.819. The summed E-state index contributed by atoms with van der Waals surface area (Å²) < 4.78 is 11.7. The van der Waals surface area contributed by atoms with E-state index in [0.29, 0.717) is 36.8 Å². The standard InChI is InChI=1S/C15H24N2O2S/c1-12(2)11-20(19)9-5-8-15(18)17-14-7-4-3-6-13(14)10-16/h3-4,6-7,12H,5,8-11,16H2,1-2H3,(H,17,18). The predicted molar refractivity (Wildman–Crippen MR) is 84.9 cm³/mol. The molecular formula is C15H24N2O2S. The summed E-state index contributed by atoms with van der Waals surface area (Å²) >= 11 is 0. The van der Waals surface area contributed by atoms with E-state index < -0.39 is 10.8 Å². The molecule has 0 aliphatic carbocycles. The second kappa shape index (κ2) is 8.87. The van der Waals surface area contributed by atoms with Crippen LogP contribution in [0.5, 0.6) is 0 Å². The highest BCUT2D eigenvalue weighted by Crippen LogP contribution is 2.14. The average molecular weight is 296 g/mol. The maximum Gasteiger partial charge on any atom is 0.224 e. The van der Waals surface area contributed by atoms with Crippen LogP contribution in [0.25, 0.3) is 0 Å². The van der Waals surface area contributed by atoms with E-state index in [4.69, 9.17) is 5.73 Å². The van der Waals surface area contributed by atoms with Crippen LogP contribution in [-0.2, 0) is 22.1 Å². The van der Waals surface area contributed by atoms with Gasteiger partial charge in [-0.05, 0) is 24.0 Å². The van der Waals surface area contributed by atoms with Gasteiger partial charge in [0.25, 0.3) is 0 Å². The first-order valence-corrected chi connectivity index (χ1v) is 8.44. The minimum absolute atomic E-state index is 0.0487. The van der Waals surface area contributed by atoms with Gasteiger partial charge in [-0.15, -0.1) is 0 Å². The molecule has 0 spiro atoms. The van der Waals surface area contributed by atoms with Crippen LogP contribution in [-0.4, -0.2) is 21.6 Å². The molecule has 1 rings (SSSR count). The molecule has 20 heavy (non-hydrogen) atoms. The van der Waals surface area contributed by atoms with Crippen molar-refractivity contribution in [2.24, 2.45) is 11.7 Å². The van der Waals surface area contributed by atoms with Crippen LogP contribution in [0.1, 0.15) is 32.3 Å². The van der Waals surface area contributed by atoms with Gasteiger partial charge >= 0.3 is 0 Å². The van der Waals surface area contributed by atoms with E-state index >= 15 is 0 Å². The fourth-order valence-corrected chi connectivity index (χ4v) is 3.26. The van der Waals surface area contributed by atoms with Crippen molar-refractivity contribution in [3.8, 4) is 0 Å². The molecule has 0 fully saturated rings. The molecule has 0 aliphatic rings. The van der Waals surface area contributed by atoms with Gasteiger partial charge in [-0.1, -0.05) is 32.0 Å². The van der Waals surface area contributed by atoms with E-state index in [-0.39, 0.29) is 5.91 Å². The Balaban J connectivity index is 2.35. The summed E-state index contributed by atoms with van der Waals surface area (Å²) in [5.74, 6) is 1.68. The molecule has 0 aliphatic heterocycles. The van der Waals surface area contributed by atoms with Crippen molar-refractivity contribution in [1.29, 1.82) is 0 Å². The summed E-state index contributed by atoms with van der Waals surface area (Å²) in [6.45, 7) is 4.50. The molecular weight excluding hydrogens is 272 g/mol. The highest BCUT2D eigenvalue weighted by Gasteiger charge is 2.08. The molecule has 112 valence electrons. The number of nitrogens with one attached hydrogen (secondary N) is 1. The zero-order valence-electron chi connectivity index (χ0n) is 12.2. The Kier molecular flexibility index (Phi) is 7.47. The smallest absolute Gasteiger partial charge is 0.224 e. The van der Waals surface area contributed by atoms with Gasteiger partial charge in [0.15, 0.2) is 0 Å². The zero-order valence-corrected chi connectivity index (χ0v) is 13.0. The molecule has 0 bridgehead atoms. The van der Waals surface area contributed by atoms with Gasteiger partial charge < -0.3 is 11.1 Å². The first kappa shape index (κ1) is 16.9. The molecule has 1 aromatic carbocycles. The number of carbonyl (C=O) groups is 1. The quantitative estimate of drug-likeness (QED) is 0.773. The number of rotatable bonds is 8. The third kappa shape index (κ3) is 6.30. The maximum absolute atomic E-state index is 11.8.